The smallest absolute Gasteiger partial charge is 0.322 e. The molecule has 9 nitrogen and oxygen atoms in total. The van der Waals surface area contributed by atoms with Crippen LogP contribution in [0, 0.1) is 5.82 Å². The van der Waals surface area contributed by atoms with Gasteiger partial charge >= 0.3 is 6.03 Å². The normalized spacial score (nSPS) is 18.9. The van der Waals surface area contributed by atoms with Gasteiger partial charge in [-0.1, -0.05) is 12.6 Å². The second-order valence-electron chi connectivity index (χ2n) is 8.66. The van der Waals surface area contributed by atoms with Gasteiger partial charge in [-0.15, -0.1) is 0 Å². The highest BCUT2D eigenvalue weighted by Gasteiger charge is 2.52. The minimum absolute atomic E-state index is 0.0309. The first-order valence-corrected chi connectivity index (χ1v) is 11.1. The molecule has 0 radical (unpaired) electrons. The van der Waals surface area contributed by atoms with E-state index in [1.54, 1.807) is 47.6 Å². The third kappa shape index (κ3) is 3.22. The van der Waals surface area contributed by atoms with E-state index in [2.05, 4.69) is 27.2 Å². The molecule has 2 aliphatic heterocycles. The largest absolute Gasteiger partial charge is 0.494 e. The van der Waals surface area contributed by atoms with Crippen molar-refractivity contribution in [3.63, 3.8) is 0 Å². The van der Waals surface area contributed by atoms with E-state index in [1.807, 2.05) is 12.1 Å². The highest BCUT2D eigenvalue weighted by molar-refractivity contribution is 6.07. The lowest BCUT2D eigenvalue weighted by atomic mass is 9.95. The number of furan rings is 1. The summed E-state index contributed by atoms with van der Waals surface area (Å²) in [4.78, 5) is 35.9. The number of carbonyl (C=O) groups is 2. The van der Waals surface area contributed by atoms with Crippen LogP contribution in [-0.2, 0) is 16.9 Å². The van der Waals surface area contributed by atoms with Crippen LogP contribution in [0.2, 0.25) is 0 Å². The van der Waals surface area contributed by atoms with Crippen molar-refractivity contribution in [1.29, 1.82) is 0 Å². The Labute approximate surface area is 204 Å². The van der Waals surface area contributed by atoms with Crippen molar-refractivity contribution in [1.82, 2.24) is 25.5 Å². The number of hydrogen-bond donors (Lipinski definition) is 2. The first-order valence-electron chi connectivity index (χ1n) is 11.1. The molecule has 180 valence electrons. The fourth-order valence-electron chi connectivity index (χ4n) is 4.77. The van der Waals surface area contributed by atoms with Crippen LogP contribution in [0.5, 0.6) is 5.75 Å². The van der Waals surface area contributed by atoms with E-state index in [4.69, 9.17) is 9.15 Å². The van der Waals surface area contributed by atoms with Crippen LogP contribution < -0.4 is 15.4 Å². The van der Waals surface area contributed by atoms with Gasteiger partial charge in [-0.2, -0.15) is 0 Å². The van der Waals surface area contributed by atoms with Crippen molar-refractivity contribution >= 4 is 28.7 Å². The Balaban J connectivity index is 1.39. The number of nitrogens with zero attached hydrogens (tertiary/aromatic N) is 3. The monoisotopic (exact) mass is 485 g/mol. The molecule has 10 heteroatoms. The molecule has 3 amide bonds. The number of nitrogens with one attached hydrogen (secondary N) is 2. The average Bonchev–Trinajstić information content (AvgIpc) is 3.53. The van der Waals surface area contributed by atoms with Crippen LogP contribution in [0.15, 0.2) is 65.9 Å². The minimum atomic E-state index is -1.57. The third-order valence-corrected chi connectivity index (χ3v) is 6.58. The number of hydrogen-bond acceptors (Lipinski definition) is 7. The quantitative estimate of drug-likeness (QED) is 0.416. The van der Waals surface area contributed by atoms with Gasteiger partial charge in [0, 0.05) is 41.8 Å². The Morgan fingerprint density at radius 3 is 2.72 bits per heavy atom. The van der Waals surface area contributed by atoms with Gasteiger partial charge in [0.15, 0.2) is 22.7 Å². The summed E-state index contributed by atoms with van der Waals surface area (Å²) in [5, 5.41) is 5.02. The number of benzene rings is 1. The molecular weight excluding hydrogens is 465 g/mol. The van der Waals surface area contributed by atoms with Crippen LogP contribution >= 0.6 is 0 Å². The first kappa shape index (κ1) is 21.8. The third-order valence-electron chi connectivity index (χ3n) is 6.58. The molecule has 0 aliphatic carbocycles. The number of halogens is 1. The molecule has 5 heterocycles. The number of urea groups is 1. The fourth-order valence-corrected chi connectivity index (χ4v) is 4.77. The summed E-state index contributed by atoms with van der Waals surface area (Å²) >= 11 is 0. The van der Waals surface area contributed by atoms with Gasteiger partial charge in [0.05, 0.1) is 19.3 Å². The van der Waals surface area contributed by atoms with Crippen molar-refractivity contribution < 1.29 is 23.1 Å². The standard InChI is InChI=1S/C26H20FN5O4/c1-14-22-16(3-5-20(35-2)23(22)27)12-32(14)13-26(24(33)30-25(34)31-26)21-11-18-19(36-21)6-4-17(29-18)15-7-9-28-10-8-15/h3-11H,1,12-13H2,2H3,(H2,30,31,33,34). The Morgan fingerprint density at radius 1 is 1.19 bits per heavy atom. The van der Waals surface area contributed by atoms with Crippen LogP contribution in [0.3, 0.4) is 0 Å². The summed E-state index contributed by atoms with van der Waals surface area (Å²) < 4.78 is 26.1. The van der Waals surface area contributed by atoms with Gasteiger partial charge in [0.25, 0.3) is 5.91 Å². The Kier molecular flexibility index (Phi) is 4.78. The molecule has 1 atom stereocenters. The summed E-state index contributed by atoms with van der Waals surface area (Å²) in [6.07, 6.45) is 3.35. The van der Waals surface area contributed by atoms with Crippen LogP contribution in [-0.4, -0.2) is 40.5 Å². The molecule has 1 aromatic carbocycles. The Morgan fingerprint density at radius 2 is 2.00 bits per heavy atom. The lowest BCUT2D eigenvalue weighted by Gasteiger charge is -2.30. The van der Waals surface area contributed by atoms with Crippen LogP contribution in [0.4, 0.5) is 9.18 Å². The Bertz CT molecular complexity index is 1570. The van der Waals surface area contributed by atoms with Crippen LogP contribution in [0.25, 0.3) is 28.1 Å². The molecule has 6 rings (SSSR count). The highest BCUT2D eigenvalue weighted by Crippen LogP contribution is 2.40. The zero-order valence-electron chi connectivity index (χ0n) is 19.2. The van der Waals surface area contributed by atoms with E-state index in [0.29, 0.717) is 40.2 Å². The first-order chi connectivity index (χ1) is 17.4. The van der Waals surface area contributed by atoms with Gasteiger partial charge in [-0.05, 0) is 35.9 Å². The van der Waals surface area contributed by atoms with Crippen molar-refractivity contribution in [2.24, 2.45) is 0 Å². The van der Waals surface area contributed by atoms with Crippen molar-refractivity contribution in [3.8, 4) is 17.0 Å². The number of imide groups is 1. The molecule has 1 fully saturated rings. The topological polar surface area (TPSA) is 110 Å². The van der Waals surface area contributed by atoms with E-state index in [1.165, 1.54) is 7.11 Å². The number of aromatic nitrogens is 2. The SMILES string of the molecule is C=C1c2c(ccc(OC)c2F)CN1CC1(c2cc3nc(-c4ccncc4)ccc3o2)NC(=O)NC1=O. The molecular formula is C26H20FN5O4. The Hall–Kier alpha value is -4.73. The summed E-state index contributed by atoms with van der Waals surface area (Å²) in [6, 6.07) is 11.5. The van der Waals surface area contributed by atoms with Gasteiger partial charge in [0.1, 0.15) is 11.3 Å². The molecule has 3 aromatic heterocycles. The molecule has 1 saturated heterocycles. The number of methoxy groups -OCH3 is 1. The van der Waals surface area contributed by atoms with E-state index < -0.39 is 23.3 Å². The molecule has 2 aliphatic rings. The fraction of sp³-hybridized carbons (Fsp3) is 0.154. The number of pyridine rings is 2. The number of ether oxygens (including phenoxy) is 1. The van der Waals surface area contributed by atoms with Crippen molar-refractivity contribution in [2.75, 3.05) is 13.7 Å². The molecule has 0 spiro atoms. The number of amides is 3. The molecule has 4 aromatic rings. The average molecular weight is 485 g/mol. The van der Waals surface area contributed by atoms with E-state index in [-0.39, 0.29) is 18.1 Å². The lowest BCUT2D eigenvalue weighted by Crippen LogP contribution is -2.51. The number of fused-ring (bicyclic) bond motifs is 2. The predicted octanol–water partition coefficient (Wildman–Crippen LogP) is 3.56. The molecule has 0 saturated carbocycles. The zero-order valence-corrected chi connectivity index (χ0v) is 19.2. The molecule has 2 N–H and O–H groups in total. The molecule has 0 bridgehead atoms. The second kappa shape index (κ2) is 7.91. The van der Waals surface area contributed by atoms with E-state index in [0.717, 1.165) is 5.56 Å². The van der Waals surface area contributed by atoms with Gasteiger partial charge in [-0.3, -0.25) is 15.1 Å². The highest BCUT2D eigenvalue weighted by atomic mass is 19.1. The summed E-state index contributed by atoms with van der Waals surface area (Å²) in [7, 11) is 1.39. The van der Waals surface area contributed by atoms with Gasteiger partial charge in [-0.25, -0.2) is 14.2 Å². The predicted molar refractivity (Wildman–Crippen MR) is 128 cm³/mol. The van der Waals surface area contributed by atoms with E-state index in [9.17, 15) is 14.0 Å². The summed E-state index contributed by atoms with van der Waals surface area (Å²) in [5.74, 6) is -0.787. The minimum Gasteiger partial charge on any atom is -0.494 e. The van der Waals surface area contributed by atoms with Gasteiger partial charge in [0.2, 0.25) is 0 Å². The van der Waals surface area contributed by atoms with E-state index >= 15 is 0 Å². The van der Waals surface area contributed by atoms with Crippen molar-refractivity contribution in [2.45, 2.75) is 12.1 Å². The molecule has 1 unspecified atom stereocenters. The number of rotatable bonds is 5. The maximum absolute atomic E-state index is 15.0. The second-order valence-corrected chi connectivity index (χ2v) is 8.66. The lowest BCUT2D eigenvalue weighted by molar-refractivity contribution is -0.125. The van der Waals surface area contributed by atoms with Gasteiger partial charge < -0.3 is 19.4 Å². The summed E-state index contributed by atoms with van der Waals surface area (Å²) in [5.41, 5.74) is 2.39. The number of carbonyl (C=O) groups excluding carboxylic acids is 2. The maximum Gasteiger partial charge on any atom is 0.322 e. The summed E-state index contributed by atoms with van der Waals surface area (Å²) in [6.45, 7) is 4.32. The van der Waals surface area contributed by atoms with Crippen molar-refractivity contribution in [3.05, 3.63) is 84.1 Å². The molecule has 36 heavy (non-hydrogen) atoms. The van der Waals surface area contributed by atoms with Crippen LogP contribution in [0.1, 0.15) is 16.9 Å². The zero-order chi connectivity index (χ0) is 25.0. The maximum atomic E-state index is 15.0.